The summed E-state index contributed by atoms with van der Waals surface area (Å²) in [6.45, 7) is 4.28. The van der Waals surface area contributed by atoms with Gasteiger partial charge in [0, 0.05) is 11.8 Å². The van der Waals surface area contributed by atoms with Gasteiger partial charge in [0.15, 0.2) is 0 Å². The normalized spacial score (nSPS) is 38.5. The van der Waals surface area contributed by atoms with Gasteiger partial charge in [-0.3, -0.25) is 4.79 Å². The highest BCUT2D eigenvalue weighted by molar-refractivity contribution is 5.86. The van der Waals surface area contributed by atoms with Crippen LogP contribution in [0.3, 0.4) is 0 Å². The molecule has 1 heteroatoms. The van der Waals surface area contributed by atoms with Crippen molar-refractivity contribution in [2.24, 2.45) is 23.7 Å². The van der Waals surface area contributed by atoms with Gasteiger partial charge >= 0.3 is 0 Å². The van der Waals surface area contributed by atoms with Gasteiger partial charge in [0.25, 0.3) is 0 Å². The van der Waals surface area contributed by atoms with Gasteiger partial charge in [-0.05, 0) is 31.1 Å². The molecule has 0 aromatic carbocycles. The van der Waals surface area contributed by atoms with Crippen LogP contribution in [0, 0.1) is 23.7 Å². The summed E-state index contributed by atoms with van der Waals surface area (Å²) >= 11 is 0. The van der Waals surface area contributed by atoms with E-state index in [9.17, 15) is 4.79 Å². The maximum Gasteiger partial charge on any atom is 0.139 e. The van der Waals surface area contributed by atoms with Crippen LogP contribution in [0.25, 0.3) is 0 Å². The molecule has 2 rings (SSSR count). The molecule has 0 radical (unpaired) electrons. The quantitative estimate of drug-likeness (QED) is 0.650. The van der Waals surface area contributed by atoms with Gasteiger partial charge in [-0.1, -0.05) is 26.7 Å². The lowest BCUT2D eigenvalue weighted by atomic mass is 9.94. The highest BCUT2D eigenvalue weighted by Crippen LogP contribution is 2.58. The fourth-order valence-corrected chi connectivity index (χ4v) is 3.15. The Kier molecular flexibility index (Phi) is 2.44. The smallest absolute Gasteiger partial charge is 0.139 e. The molecule has 0 N–H and O–H groups in total. The second kappa shape index (κ2) is 3.43. The monoisotopic (exact) mass is 180 g/mol. The Morgan fingerprint density at radius 1 is 1.38 bits per heavy atom. The molecule has 0 aromatic rings. The van der Waals surface area contributed by atoms with E-state index in [2.05, 4.69) is 13.8 Å². The molecule has 0 heterocycles. The van der Waals surface area contributed by atoms with E-state index in [1.807, 2.05) is 0 Å². The van der Waals surface area contributed by atoms with Crippen molar-refractivity contribution in [3.63, 3.8) is 0 Å². The van der Waals surface area contributed by atoms with E-state index in [0.29, 0.717) is 17.6 Å². The zero-order valence-corrected chi connectivity index (χ0v) is 8.75. The molecule has 2 aliphatic carbocycles. The van der Waals surface area contributed by atoms with Crippen LogP contribution < -0.4 is 0 Å². The first kappa shape index (κ1) is 9.23. The van der Waals surface area contributed by atoms with E-state index in [4.69, 9.17) is 0 Å². The van der Waals surface area contributed by atoms with Crippen molar-refractivity contribution in [1.29, 1.82) is 0 Å². The number of carbonyl (C=O) groups is 1. The van der Waals surface area contributed by atoms with Crippen LogP contribution in [0.2, 0.25) is 0 Å². The Morgan fingerprint density at radius 2 is 2.00 bits per heavy atom. The van der Waals surface area contributed by atoms with Gasteiger partial charge in [0.1, 0.15) is 5.78 Å². The number of fused-ring (bicyclic) bond motifs is 1. The van der Waals surface area contributed by atoms with Crippen LogP contribution in [-0.2, 0) is 4.79 Å². The molecule has 0 spiro atoms. The zero-order valence-electron chi connectivity index (χ0n) is 8.75. The minimum absolute atomic E-state index is 0.334. The van der Waals surface area contributed by atoms with Crippen LogP contribution >= 0.6 is 0 Å². The second-order valence-corrected chi connectivity index (χ2v) is 4.88. The van der Waals surface area contributed by atoms with E-state index in [1.165, 1.54) is 19.3 Å². The minimum Gasteiger partial charge on any atom is -0.299 e. The number of rotatable bonds is 4. The Morgan fingerprint density at radius 3 is 2.54 bits per heavy atom. The van der Waals surface area contributed by atoms with E-state index in [0.717, 1.165) is 24.7 Å². The molecule has 2 saturated carbocycles. The van der Waals surface area contributed by atoms with Gasteiger partial charge in [-0.2, -0.15) is 0 Å². The van der Waals surface area contributed by atoms with Crippen LogP contribution in [0.5, 0.6) is 0 Å². The molecule has 1 nitrogen and oxygen atoms in total. The van der Waals surface area contributed by atoms with Gasteiger partial charge in [0.05, 0.1) is 0 Å². The van der Waals surface area contributed by atoms with E-state index >= 15 is 0 Å². The second-order valence-electron chi connectivity index (χ2n) is 4.88. The van der Waals surface area contributed by atoms with Crippen molar-refractivity contribution in [1.82, 2.24) is 0 Å². The third kappa shape index (κ3) is 1.53. The van der Waals surface area contributed by atoms with Crippen molar-refractivity contribution in [2.45, 2.75) is 46.0 Å². The number of carbonyl (C=O) groups excluding carboxylic acids is 1. The predicted molar refractivity (Wildman–Crippen MR) is 53.4 cm³/mol. The summed E-state index contributed by atoms with van der Waals surface area (Å²) in [5.74, 6) is 3.03. The fourth-order valence-electron chi connectivity index (χ4n) is 3.15. The summed E-state index contributed by atoms with van der Waals surface area (Å²) in [5, 5.41) is 0. The fraction of sp³-hybridized carbons (Fsp3) is 0.917. The first-order chi connectivity index (χ1) is 6.25. The standard InChI is InChI=1S/C12H20O/c1-3-5-8(2)12(13)11-9-6-4-7-10(9)11/h8-11H,3-7H2,1-2H3. The number of hydrogen-bond donors (Lipinski definition) is 0. The Labute approximate surface area is 80.9 Å². The van der Waals surface area contributed by atoms with Crippen molar-refractivity contribution >= 4 is 5.78 Å². The van der Waals surface area contributed by atoms with E-state index < -0.39 is 0 Å². The molecule has 0 bridgehead atoms. The molecule has 13 heavy (non-hydrogen) atoms. The van der Waals surface area contributed by atoms with Gasteiger partial charge < -0.3 is 0 Å². The van der Waals surface area contributed by atoms with Crippen molar-refractivity contribution < 1.29 is 4.79 Å². The summed E-state index contributed by atoms with van der Waals surface area (Å²) < 4.78 is 0. The molecule has 2 aliphatic rings. The molecule has 3 atom stereocenters. The molecule has 3 unspecified atom stereocenters. The Bertz CT molecular complexity index is 199. The molecule has 74 valence electrons. The molecule has 0 saturated heterocycles. The minimum atomic E-state index is 0.334. The molecule has 0 aliphatic heterocycles. The molecule has 0 aromatic heterocycles. The average molecular weight is 180 g/mol. The Hall–Kier alpha value is -0.330. The Balaban J connectivity index is 1.85. The van der Waals surface area contributed by atoms with Crippen molar-refractivity contribution in [3.8, 4) is 0 Å². The number of ketones is 1. The summed E-state index contributed by atoms with van der Waals surface area (Å²) in [7, 11) is 0. The van der Waals surface area contributed by atoms with Crippen LogP contribution in [0.1, 0.15) is 46.0 Å². The summed E-state index contributed by atoms with van der Waals surface area (Å²) in [5.41, 5.74) is 0. The van der Waals surface area contributed by atoms with Crippen LogP contribution in [-0.4, -0.2) is 5.78 Å². The highest BCUT2D eigenvalue weighted by atomic mass is 16.1. The first-order valence-corrected chi connectivity index (χ1v) is 5.79. The third-order valence-corrected chi connectivity index (χ3v) is 3.94. The number of hydrogen-bond acceptors (Lipinski definition) is 1. The molecule has 0 amide bonds. The zero-order chi connectivity index (χ0) is 9.42. The van der Waals surface area contributed by atoms with Crippen molar-refractivity contribution in [2.75, 3.05) is 0 Å². The van der Waals surface area contributed by atoms with E-state index in [1.54, 1.807) is 0 Å². The third-order valence-electron chi connectivity index (χ3n) is 3.94. The maximum absolute atomic E-state index is 11.9. The van der Waals surface area contributed by atoms with Gasteiger partial charge in [0.2, 0.25) is 0 Å². The van der Waals surface area contributed by atoms with Crippen LogP contribution in [0.15, 0.2) is 0 Å². The van der Waals surface area contributed by atoms with Crippen molar-refractivity contribution in [3.05, 3.63) is 0 Å². The predicted octanol–water partition coefficient (Wildman–Crippen LogP) is 3.04. The summed E-state index contributed by atoms with van der Waals surface area (Å²) in [6.07, 6.45) is 6.28. The highest BCUT2D eigenvalue weighted by Gasteiger charge is 2.56. The lowest BCUT2D eigenvalue weighted by molar-refractivity contribution is -0.124. The largest absolute Gasteiger partial charge is 0.299 e. The maximum atomic E-state index is 11.9. The summed E-state index contributed by atoms with van der Waals surface area (Å²) in [6, 6.07) is 0. The lowest BCUT2D eigenvalue weighted by Gasteiger charge is -2.09. The topological polar surface area (TPSA) is 17.1 Å². The molecular weight excluding hydrogens is 160 g/mol. The lowest BCUT2D eigenvalue weighted by Crippen LogP contribution is -2.15. The number of Topliss-reactive ketones (excluding diaryl/α,β-unsaturated/α-hetero) is 1. The first-order valence-electron chi connectivity index (χ1n) is 5.79. The van der Waals surface area contributed by atoms with Gasteiger partial charge in [-0.25, -0.2) is 0 Å². The van der Waals surface area contributed by atoms with E-state index in [-0.39, 0.29) is 0 Å². The van der Waals surface area contributed by atoms with Crippen LogP contribution in [0.4, 0.5) is 0 Å². The molecular formula is C12H20O. The average Bonchev–Trinajstić information content (AvgIpc) is 2.58. The summed E-state index contributed by atoms with van der Waals surface area (Å²) in [4.78, 5) is 11.9. The molecule has 2 fully saturated rings. The van der Waals surface area contributed by atoms with Gasteiger partial charge in [-0.15, -0.1) is 0 Å². The SMILES string of the molecule is CCCC(C)C(=O)C1C2CCCC21.